The molecule has 7 saturated carbocycles. The largest absolute Gasteiger partial charge is 0.481 e. The second-order valence-electron chi connectivity index (χ2n) is 23.3. The summed E-state index contributed by atoms with van der Waals surface area (Å²) in [6, 6.07) is -0.0903. The van der Waals surface area contributed by atoms with Crippen LogP contribution in [0.2, 0.25) is 0 Å². The van der Waals surface area contributed by atoms with Gasteiger partial charge in [-0.15, -0.1) is 0 Å². The van der Waals surface area contributed by atoms with Gasteiger partial charge in [-0.25, -0.2) is 8.42 Å². The summed E-state index contributed by atoms with van der Waals surface area (Å²) in [5, 5.41) is 25.0. The third-order valence-corrected chi connectivity index (χ3v) is 22.1. The van der Waals surface area contributed by atoms with Gasteiger partial charge in [0.25, 0.3) is 0 Å². The van der Waals surface area contributed by atoms with E-state index in [1.165, 1.54) is 57.8 Å². The Hall–Kier alpha value is -1.23. The van der Waals surface area contributed by atoms with Crippen LogP contribution in [0.4, 0.5) is 0 Å². The van der Waals surface area contributed by atoms with Crippen LogP contribution < -0.4 is 5.32 Å². The summed E-state index contributed by atoms with van der Waals surface area (Å²) in [5.41, 5.74) is 0.343. The van der Waals surface area contributed by atoms with E-state index in [0.717, 1.165) is 19.3 Å². The molecule has 0 spiro atoms. The molecule has 0 radical (unpaired) electrons. The molecule has 0 unspecified atom stereocenters. The average Bonchev–Trinajstić information content (AvgIpc) is 3.72. The average molecular weight is 801 g/mol. The van der Waals surface area contributed by atoms with Crippen molar-refractivity contribution >= 4 is 21.8 Å². The highest BCUT2D eigenvalue weighted by molar-refractivity contribution is 7.91. The first kappa shape index (κ1) is 41.5. The van der Waals surface area contributed by atoms with Crippen LogP contribution in [0.3, 0.4) is 0 Å². The van der Waals surface area contributed by atoms with E-state index in [-0.39, 0.29) is 62.7 Å². The topological polar surface area (TPSA) is 133 Å². The lowest BCUT2D eigenvalue weighted by atomic mass is 9.32. The third kappa shape index (κ3) is 6.06. The summed E-state index contributed by atoms with van der Waals surface area (Å²) in [7, 11) is -2.99. The zero-order valence-electron chi connectivity index (χ0n) is 36.3. The normalized spacial score (nSPS) is 48.1. The number of aliphatic carboxylic acids is 1. The Labute approximate surface area is 338 Å². The zero-order valence-corrected chi connectivity index (χ0v) is 37.1. The predicted octanol–water partition coefficient (Wildman–Crippen LogP) is 7.35. The van der Waals surface area contributed by atoms with Gasteiger partial charge >= 0.3 is 11.9 Å². The SMILES string of the molecule is C[C@H](O)[C@H](CN[C@]12CC[C@@H](C3(C)CC3)[C@@H]1[C@H]1CC[C@@H]3[C@@]4(C)CC[C@H](OC(=O)[C@H]5C[C@@H](C(=O)O)C5(C)C)C(C)(C)[C@@H]4CC[C@@]3(C)[C@]1(C)CC2)N1CCS(=O)(=O)CC1. The van der Waals surface area contributed by atoms with Gasteiger partial charge in [-0.05, 0) is 147 Å². The van der Waals surface area contributed by atoms with E-state index < -0.39 is 33.2 Å². The minimum Gasteiger partial charge on any atom is -0.481 e. The molecule has 1 heterocycles. The summed E-state index contributed by atoms with van der Waals surface area (Å²) in [6.07, 6.45) is 14.1. The van der Waals surface area contributed by atoms with Crippen molar-refractivity contribution in [2.24, 2.45) is 73.9 Å². The molecule has 9 nitrogen and oxygen atoms in total. The van der Waals surface area contributed by atoms with Crippen molar-refractivity contribution in [3.05, 3.63) is 0 Å². The molecule has 0 bridgehead atoms. The molecule has 14 atom stereocenters. The molecule has 318 valence electrons. The number of fused-ring (bicyclic) bond motifs is 7. The Kier molecular flexibility index (Phi) is 9.92. The van der Waals surface area contributed by atoms with Crippen LogP contribution in [0, 0.1) is 73.9 Å². The smallest absolute Gasteiger partial charge is 0.309 e. The molecule has 0 aromatic heterocycles. The zero-order chi connectivity index (χ0) is 40.6. The fourth-order valence-corrected chi connectivity index (χ4v) is 17.6. The van der Waals surface area contributed by atoms with E-state index in [2.05, 4.69) is 51.8 Å². The molecule has 7 aliphatic carbocycles. The van der Waals surface area contributed by atoms with Gasteiger partial charge in [0, 0.05) is 36.6 Å². The van der Waals surface area contributed by atoms with E-state index in [4.69, 9.17) is 4.74 Å². The lowest BCUT2D eigenvalue weighted by molar-refractivity contribution is -0.250. The number of esters is 1. The number of nitrogens with one attached hydrogen (secondary N) is 1. The Morgan fingerprint density at radius 3 is 2.05 bits per heavy atom. The standard InChI is InChI=1S/C46H76N2O7S/c1-28(49)33(48-22-24-56(53,54)25-23-48)27-47-46-17-12-29(42(6)18-19-42)37(46)30-10-11-35-43(7)15-14-36(55-39(52)32-26-31(38(50)51)40(32,2)3)41(4,5)34(43)13-16-45(35,9)44(30,8)20-21-46/h28-37,47,49H,10-27H2,1-9H3,(H,50,51)/t28-,29+,30+,31-,32+,33-,34-,35+,36-,37+,43-,44+,45+,46-/m0/s1. The number of hydrogen-bond acceptors (Lipinski definition) is 8. The summed E-state index contributed by atoms with van der Waals surface area (Å²) in [4.78, 5) is 27.7. The molecule has 0 aromatic carbocycles. The highest BCUT2D eigenvalue weighted by Crippen LogP contribution is 2.78. The Balaban J connectivity index is 1.02. The van der Waals surface area contributed by atoms with Gasteiger partial charge in [-0.3, -0.25) is 14.5 Å². The predicted molar refractivity (Wildman–Crippen MR) is 218 cm³/mol. The fourth-order valence-electron chi connectivity index (χ4n) is 16.4. The molecule has 8 fully saturated rings. The van der Waals surface area contributed by atoms with Crippen LogP contribution in [-0.2, 0) is 24.2 Å². The van der Waals surface area contributed by atoms with Crippen molar-refractivity contribution in [1.29, 1.82) is 0 Å². The number of carboxylic acids is 1. The third-order valence-electron chi connectivity index (χ3n) is 20.5. The van der Waals surface area contributed by atoms with Crippen molar-refractivity contribution in [1.82, 2.24) is 10.2 Å². The maximum Gasteiger partial charge on any atom is 0.309 e. The van der Waals surface area contributed by atoms with E-state index >= 15 is 0 Å². The molecule has 1 aliphatic heterocycles. The van der Waals surface area contributed by atoms with Crippen LogP contribution >= 0.6 is 0 Å². The minimum atomic E-state index is -2.99. The van der Waals surface area contributed by atoms with E-state index in [0.29, 0.717) is 61.1 Å². The van der Waals surface area contributed by atoms with Gasteiger partial charge in [0.2, 0.25) is 0 Å². The van der Waals surface area contributed by atoms with Gasteiger partial charge in [-0.1, -0.05) is 55.4 Å². The van der Waals surface area contributed by atoms with E-state index in [1.807, 2.05) is 20.8 Å². The number of aliphatic hydroxyl groups excluding tert-OH is 1. The Bertz CT molecular complexity index is 1680. The molecule has 8 rings (SSSR count). The molecular weight excluding hydrogens is 725 g/mol. The van der Waals surface area contributed by atoms with Crippen molar-refractivity contribution in [2.75, 3.05) is 31.1 Å². The van der Waals surface area contributed by atoms with Crippen molar-refractivity contribution in [3.8, 4) is 0 Å². The van der Waals surface area contributed by atoms with E-state index in [9.17, 15) is 28.2 Å². The number of carboxylic acid groups (broad SMARTS) is 1. The number of aliphatic hydroxyl groups is 1. The highest BCUT2D eigenvalue weighted by atomic mass is 32.2. The molecule has 10 heteroatoms. The first-order valence-electron chi connectivity index (χ1n) is 22.8. The first-order chi connectivity index (χ1) is 26.0. The number of hydrogen-bond donors (Lipinski definition) is 3. The molecule has 1 saturated heterocycles. The summed E-state index contributed by atoms with van der Waals surface area (Å²) in [5.74, 6) is 1.54. The van der Waals surface area contributed by atoms with Crippen LogP contribution in [0.15, 0.2) is 0 Å². The maximum absolute atomic E-state index is 13.7. The first-order valence-corrected chi connectivity index (χ1v) is 24.6. The van der Waals surface area contributed by atoms with Gasteiger partial charge < -0.3 is 20.3 Å². The molecule has 8 aliphatic rings. The number of rotatable bonds is 9. The highest BCUT2D eigenvalue weighted by Gasteiger charge is 2.72. The van der Waals surface area contributed by atoms with E-state index in [1.54, 1.807) is 0 Å². The molecule has 56 heavy (non-hydrogen) atoms. The summed E-state index contributed by atoms with van der Waals surface area (Å²) in [6.45, 7) is 22.7. The molecule has 3 N–H and O–H groups in total. The maximum atomic E-state index is 13.7. The number of nitrogens with zero attached hydrogens (tertiary/aromatic N) is 1. The van der Waals surface area contributed by atoms with Crippen LogP contribution in [0.1, 0.15) is 146 Å². The number of sulfone groups is 1. The lowest BCUT2D eigenvalue weighted by Gasteiger charge is -2.73. The summed E-state index contributed by atoms with van der Waals surface area (Å²) < 4.78 is 31.0. The van der Waals surface area contributed by atoms with Gasteiger partial charge in [0.05, 0.1) is 29.4 Å². The van der Waals surface area contributed by atoms with Crippen molar-refractivity contribution in [2.45, 2.75) is 170 Å². The second-order valence-corrected chi connectivity index (χ2v) is 25.6. The minimum absolute atomic E-state index is 0.0587. The van der Waals surface area contributed by atoms with Crippen LogP contribution in [-0.4, -0.2) is 90.4 Å². The van der Waals surface area contributed by atoms with Gasteiger partial charge in [0.1, 0.15) is 6.10 Å². The van der Waals surface area contributed by atoms with Crippen molar-refractivity contribution < 1.29 is 33.0 Å². The Morgan fingerprint density at radius 2 is 1.45 bits per heavy atom. The monoisotopic (exact) mass is 801 g/mol. The Morgan fingerprint density at radius 1 is 0.768 bits per heavy atom. The summed E-state index contributed by atoms with van der Waals surface area (Å²) >= 11 is 0. The molecule has 0 amide bonds. The number of carbonyl (C=O) groups excluding carboxylic acids is 1. The van der Waals surface area contributed by atoms with Crippen LogP contribution in [0.5, 0.6) is 0 Å². The molecule has 0 aromatic rings. The second kappa shape index (κ2) is 13.4. The molecular formula is C46H76N2O7S. The quantitative estimate of drug-likeness (QED) is 0.205. The lowest BCUT2D eigenvalue weighted by Crippen LogP contribution is -2.69. The van der Waals surface area contributed by atoms with Gasteiger partial charge in [0.15, 0.2) is 9.84 Å². The number of ether oxygens (including phenoxy) is 1. The van der Waals surface area contributed by atoms with Gasteiger partial charge in [-0.2, -0.15) is 0 Å². The van der Waals surface area contributed by atoms with Crippen LogP contribution in [0.25, 0.3) is 0 Å². The number of carbonyl (C=O) groups is 2. The van der Waals surface area contributed by atoms with Crippen molar-refractivity contribution in [3.63, 3.8) is 0 Å². The fraction of sp³-hybridized carbons (Fsp3) is 0.957.